The maximum atomic E-state index is 12.6. The van der Waals surface area contributed by atoms with Crippen LogP contribution in [-0.2, 0) is 9.53 Å². The highest BCUT2D eigenvalue weighted by atomic mass is 32.1. The van der Waals surface area contributed by atoms with Crippen molar-refractivity contribution in [2.75, 3.05) is 19.7 Å². The zero-order valence-corrected chi connectivity index (χ0v) is 14.4. The molecule has 5 nitrogen and oxygen atoms in total. The molecule has 0 aliphatic carbocycles. The molecule has 126 valence electrons. The molecule has 2 aromatic rings. The number of esters is 1. The number of benzene rings is 1. The molecule has 1 aliphatic rings. The monoisotopic (exact) mass is 344 g/mol. The predicted octanol–water partition coefficient (Wildman–Crippen LogP) is 3.23. The van der Waals surface area contributed by atoms with Gasteiger partial charge in [0.25, 0.3) is 5.91 Å². The van der Waals surface area contributed by atoms with E-state index in [1.165, 1.54) is 0 Å². The van der Waals surface area contributed by atoms with Crippen molar-refractivity contribution in [3.05, 3.63) is 41.4 Å². The summed E-state index contributed by atoms with van der Waals surface area (Å²) in [6.45, 7) is 3.41. The summed E-state index contributed by atoms with van der Waals surface area (Å²) < 4.78 is 5.06. The molecular weight excluding hydrogens is 324 g/mol. The number of hydrogen-bond acceptors (Lipinski definition) is 5. The number of rotatable bonds is 4. The van der Waals surface area contributed by atoms with Crippen molar-refractivity contribution in [1.29, 1.82) is 0 Å². The number of amides is 1. The fourth-order valence-electron chi connectivity index (χ4n) is 2.88. The number of aromatic nitrogens is 1. The molecular formula is C18H20N2O3S. The maximum absolute atomic E-state index is 12.6. The largest absolute Gasteiger partial charge is 0.466 e. The van der Waals surface area contributed by atoms with E-state index in [4.69, 9.17) is 4.74 Å². The first-order valence-electron chi connectivity index (χ1n) is 8.15. The third-order valence-corrected chi connectivity index (χ3v) is 5.04. The summed E-state index contributed by atoms with van der Waals surface area (Å²) in [4.78, 5) is 30.4. The predicted molar refractivity (Wildman–Crippen MR) is 92.8 cm³/mol. The summed E-state index contributed by atoms with van der Waals surface area (Å²) in [5, 5.41) is 2.88. The molecule has 0 bridgehead atoms. The molecule has 1 saturated heterocycles. The van der Waals surface area contributed by atoms with E-state index in [1.54, 1.807) is 17.5 Å². The van der Waals surface area contributed by atoms with Gasteiger partial charge in [-0.3, -0.25) is 9.59 Å². The lowest BCUT2D eigenvalue weighted by molar-refractivity contribution is -0.149. The maximum Gasteiger partial charge on any atom is 0.309 e. The Morgan fingerprint density at radius 1 is 1.25 bits per heavy atom. The van der Waals surface area contributed by atoms with Gasteiger partial charge in [0.15, 0.2) is 0 Å². The summed E-state index contributed by atoms with van der Waals surface area (Å²) in [5.74, 6) is -0.207. The molecule has 1 amide bonds. The molecule has 0 N–H and O–H groups in total. The normalized spacial score (nSPS) is 15.3. The van der Waals surface area contributed by atoms with Crippen LogP contribution in [0.1, 0.15) is 30.1 Å². The van der Waals surface area contributed by atoms with Crippen LogP contribution in [0.25, 0.3) is 10.6 Å². The second kappa shape index (κ2) is 7.57. The zero-order valence-electron chi connectivity index (χ0n) is 13.6. The number of thiazole rings is 1. The lowest BCUT2D eigenvalue weighted by Crippen LogP contribution is -2.40. The topological polar surface area (TPSA) is 59.5 Å². The average Bonchev–Trinajstić information content (AvgIpc) is 3.16. The molecule has 24 heavy (non-hydrogen) atoms. The standard InChI is InChI=1S/C18H20N2O3S/c1-2-23-18(22)15-7-10-20(11-8-15)17(21)14-5-3-13(4-6-14)16-19-9-12-24-16/h3-6,9,12,15H,2,7-8,10-11H2,1H3. The third-order valence-electron chi connectivity index (χ3n) is 4.21. The molecule has 1 aromatic carbocycles. The summed E-state index contributed by atoms with van der Waals surface area (Å²) in [7, 11) is 0. The third kappa shape index (κ3) is 3.64. The lowest BCUT2D eigenvalue weighted by atomic mass is 9.96. The van der Waals surface area contributed by atoms with Crippen LogP contribution >= 0.6 is 11.3 Å². The molecule has 0 radical (unpaired) electrons. The number of ether oxygens (including phenoxy) is 1. The molecule has 0 atom stereocenters. The highest BCUT2D eigenvalue weighted by Gasteiger charge is 2.28. The molecule has 3 rings (SSSR count). The Labute approximate surface area is 145 Å². The number of piperidine rings is 1. The molecule has 1 fully saturated rings. The smallest absolute Gasteiger partial charge is 0.309 e. The van der Waals surface area contributed by atoms with E-state index in [9.17, 15) is 9.59 Å². The van der Waals surface area contributed by atoms with Crippen LogP contribution in [0.4, 0.5) is 0 Å². The Bertz CT molecular complexity index is 690. The Hall–Kier alpha value is -2.21. The van der Waals surface area contributed by atoms with Crippen molar-refractivity contribution in [2.45, 2.75) is 19.8 Å². The van der Waals surface area contributed by atoms with Gasteiger partial charge in [-0.2, -0.15) is 0 Å². The first-order valence-corrected chi connectivity index (χ1v) is 9.03. The highest BCUT2D eigenvalue weighted by molar-refractivity contribution is 7.13. The van der Waals surface area contributed by atoms with E-state index in [1.807, 2.05) is 41.5 Å². The van der Waals surface area contributed by atoms with E-state index >= 15 is 0 Å². The van der Waals surface area contributed by atoms with Gasteiger partial charge in [-0.15, -0.1) is 11.3 Å². The first-order chi connectivity index (χ1) is 11.7. The second-order valence-corrected chi connectivity index (χ2v) is 6.63. The van der Waals surface area contributed by atoms with Gasteiger partial charge >= 0.3 is 5.97 Å². The highest BCUT2D eigenvalue weighted by Crippen LogP contribution is 2.24. The molecule has 0 saturated carbocycles. The SMILES string of the molecule is CCOC(=O)C1CCN(C(=O)c2ccc(-c3nccs3)cc2)CC1. The fraction of sp³-hybridized carbons (Fsp3) is 0.389. The van der Waals surface area contributed by atoms with Crippen molar-refractivity contribution >= 4 is 23.2 Å². The zero-order chi connectivity index (χ0) is 16.9. The number of nitrogens with zero attached hydrogens (tertiary/aromatic N) is 2. The van der Waals surface area contributed by atoms with Gasteiger partial charge in [0.2, 0.25) is 0 Å². The van der Waals surface area contributed by atoms with Crippen molar-refractivity contribution in [3.63, 3.8) is 0 Å². The summed E-state index contributed by atoms with van der Waals surface area (Å²) >= 11 is 1.57. The van der Waals surface area contributed by atoms with Crippen LogP contribution in [0, 0.1) is 5.92 Å². The van der Waals surface area contributed by atoms with Crippen molar-refractivity contribution in [3.8, 4) is 10.6 Å². The Morgan fingerprint density at radius 2 is 1.96 bits per heavy atom. The number of hydrogen-bond donors (Lipinski definition) is 0. The van der Waals surface area contributed by atoms with E-state index in [0.717, 1.165) is 10.6 Å². The van der Waals surface area contributed by atoms with Gasteiger partial charge in [0.05, 0.1) is 12.5 Å². The number of carbonyl (C=O) groups excluding carboxylic acids is 2. The summed E-state index contributed by atoms with van der Waals surface area (Å²) in [6, 6.07) is 7.54. The van der Waals surface area contributed by atoms with Crippen LogP contribution in [0.5, 0.6) is 0 Å². The van der Waals surface area contributed by atoms with E-state index in [0.29, 0.717) is 38.1 Å². The quantitative estimate of drug-likeness (QED) is 0.799. The van der Waals surface area contributed by atoms with Crippen LogP contribution in [0.2, 0.25) is 0 Å². The van der Waals surface area contributed by atoms with Crippen LogP contribution < -0.4 is 0 Å². The molecule has 0 spiro atoms. The van der Waals surface area contributed by atoms with E-state index < -0.39 is 0 Å². The first kappa shape index (κ1) is 16.6. The van der Waals surface area contributed by atoms with Crippen molar-refractivity contribution < 1.29 is 14.3 Å². The van der Waals surface area contributed by atoms with Crippen LogP contribution in [0.3, 0.4) is 0 Å². The van der Waals surface area contributed by atoms with Gasteiger partial charge in [0, 0.05) is 35.8 Å². The second-order valence-electron chi connectivity index (χ2n) is 5.73. The minimum atomic E-state index is -0.141. The lowest BCUT2D eigenvalue weighted by Gasteiger charge is -2.31. The summed E-state index contributed by atoms with van der Waals surface area (Å²) in [5.41, 5.74) is 1.69. The molecule has 1 aromatic heterocycles. The van der Waals surface area contributed by atoms with Gasteiger partial charge in [-0.1, -0.05) is 12.1 Å². The Kier molecular flexibility index (Phi) is 5.25. The van der Waals surface area contributed by atoms with Gasteiger partial charge in [0.1, 0.15) is 5.01 Å². The van der Waals surface area contributed by atoms with Gasteiger partial charge < -0.3 is 9.64 Å². The molecule has 2 heterocycles. The average molecular weight is 344 g/mol. The van der Waals surface area contributed by atoms with Crippen molar-refractivity contribution in [1.82, 2.24) is 9.88 Å². The van der Waals surface area contributed by atoms with E-state index in [-0.39, 0.29) is 17.8 Å². The van der Waals surface area contributed by atoms with E-state index in [2.05, 4.69) is 4.98 Å². The van der Waals surface area contributed by atoms with Crippen LogP contribution in [0.15, 0.2) is 35.8 Å². The van der Waals surface area contributed by atoms with Gasteiger partial charge in [-0.25, -0.2) is 4.98 Å². The van der Waals surface area contributed by atoms with Crippen LogP contribution in [-0.4, -0.2) is 41.5 Å². The fourth-order valence-corrected chi connectivity index (χ4v) is 3.53. The number of carbonyl (C=O) groups is 2. The molecule has 0 unspecified atom stereocenters. The van der Waals surface area contributed by atoms with Gasteiger partial charge in [-0.05, 0) is 31.9 Å². The Morgan fingerprint density at radius 3 is 2.54 bits per heavy atom. The number of likely N-dealkylation sites (tertiary alicyclic amines) is 1. The molecule has 6 heteroatoms. The Balaban J connectivity index is 1.60. The minimum Gasteiger partial charge on any atom is -0.466 e. The van der Waals surface area contributed by atoms with Crippen molar-refractivity contribution in [2.24, 2.45) is 5.92 Å². The molecule has 1 aliphatic heterocycles. The summed E-state index contributed by atoms with van der Waals surface area (Å²) in [6.07, 6.45) is 3.11. The minimum absolute atomic E-state index is 0.0167.